The molecule has 0 bridgehead atoms. The van der Waals surface area contributed by atoms with Crippen LogP contribution in [0.4, 0.5) is 0 Å². The van der Waals surface area contributed by atoms with Crippen molar-refractivity contribution in [3.8, 4) is 0 Å². The van der Waals surface area contributed by atoms with Gasteiger partial charge in [-0.3, -0.25) is 0 Å². The average molecular weight is 296 g/mol. The first-order valence-corrected chi connectivity index (χ1v) is 7.43. The van der Waals surface area contributed by atoms with Gasteiger partial charge in [-0.2, -0.15) is 0 Å². The van der Waals surface area contributed by atoms with E-state index in [0.717, 1.165) is 5.92 Å². The monoisotopic (exact) mass is 295 g/mol. The van der Waals surface area contributed by atoms with Gasteiger partial charge in [0, 0.05) is 10.5 Å². The second kappa shape index (κ2) is 6.01. The summed E-state index contributed by atoms with van der Waals surface area (Å²) in [4.78, 5) is 2.64. The van der Waals surface area contributed by atoms with Gasteiger partial charge in [-0.25, -0.2) is 0 Å². The molecule has 1 heterocycles. The van der Waals surface area contributed by atoms with Gasteiger partial charge in [-0.15, -0.1) is 0 Å². The van der Waals surface area contributed by atoms with Crippen LogP contribution in [0.5, 0.6) is 0 Å². The maximum Gasteiger partial charge on any atom is 0.0175 e. The van der Waals surface area contributed by atoms with E-state index in [1.54, 1.807) is 0 Å². The molecular weight excluding hydrogens is 274 g/mol. The lowest BCUT2D eigenvalue weighted by Gasteiger charge is -2.35. The summed E-state index contributed by atoms with van der Waals surface area (Å²) in [6, 6.07) is 9.41. The summed E-state index contributed by atoms with van der Waals surface area (Å²) in [5.41, 5.74) is 1.44. The van der Waals surface area contributed by atoms with Crippen LogP contribution >= 0.6 is 15.9 Å². The lowest BCUT2D eigenvalue weighted by molar-refractivity contribution is 0.146. The third kappa shape index (κ3) is 3.82. The predicted octanol–water partition coefficient (Wildman–Crippen LogP) is 4.11. The minimum atomic E-state index is 0.670. The highest BCUT2D eigenvalue weighted by atomic mass is 79.9. The van der Waals surface area contributed by atoms with Gasteiger partial charge in [-0.1, -0.05) is 35.0 Å². The zero-order chi connectivity index (χ0) is 12.3. The van der Waals surface area contributed by atoms with Crippen molar-refractivity contribution >= 4 is 15.9 Å². The van der Waals surface area contributed by atoms with Crippen LogP contribution in [0.3, 0.4) is 0 Å². The molecule has 0 saturated carbocycles. The van der Waals surface area contributed by atoms with Gasteiger partial charge in [0.25, 0.3) is 0 Å². The largest absolute Gasteiger partial charge is 0.300 e. The van der Waals surface area contributed by atoms with Crippen molar-refractivity contribution in [2.75, 3.05) is 13.1 Å². The highest BCUT2D eigenvalue weighted by Gasteiger charge is 2.20. The quantitative estimate of drug-likeness (QED) is 0.811. The fraction of sp³-hybridized carbons (Fsp3) is 0.600. The number of piperidine rings is 1. The van der Waals surface area contributed by atoms with Gasteiger partial charge in [0.1, 0.15) is 0 Å². The number of halogens is 1. The Morgan fingerprint density at radius 1 is 1.24 bits per heavy atom. The van der Waals surface area contributed by atoms with E-state index in [9.17, 15) is 0 Å². The van der Waals surface area contributed by atoms with Gasteiger partial charge < -0.3 is 4.90 Å². The fourth-order valence-corrected chi connectivity index (χ4v) is 2.82. The van der Waals surface area contributed by atoms with Crippen LogP contribution in [0.2, 0.25) is 0 Å². The molecule has 0 spiro atoms. The summed E-state index contributed by atoms with van der Waals surface area (Å²) in [6.45, 7) is 7.28. The minimum absolute atomic E-state index is 0.670. The number of hydrogen-bond acceptors (Lipinski definition) is 1. The van der Waals surface area contributed by atoms with Gasteiger partial charge in [0.2, 0.25) is 0 Å². The van der Waals surface area contributed by atoms with Crippen molar-refractivity contribution in [1.29, 1.82) is 0 Å². The van der Waals surface area contributed by atoms with Crippen LogP contribution in [0.1, 0.15) is 32.3 Å². The number of nitrogens with zero attached hydrogens (tertiary/aromatic N) is 1. The van der Waals surface area contributed by atoms with Gasteiger partial charge in [-0.05, 0) is 62.9 Å². The molecule has 2 heteroatoms. The Morgan fingerprint density at radius 3 is 2.41 bits per heavy atom. The first-order chi connectivity index (χ1) is 8.15. The number of hydrogen-bond donors (Lipinski definition) is 0. The van der Waals surface area contributed by atoms with E-state index in [2.05, 4.69) is 58.9 Å². The van der Waals surface area contributed by atoms with Crippen LogP contribution < -0.4 is 0 Å². The Balaban J connectivity index is 1.88. The number of likely N-dealkylation sites (tertiary alicyclic amines) is 1. The zero-order valence-electron chi connectivity index (χ0n) is 10.8. The topological polar surface area (TPSA) is 3.24 Å². The normalized spacial score (nSPS) is 20.4. The van der Waals surface area contributed by atoms with Crippen molar-refractivity contribution in [3.05, 3.63) is 34.3 Å². The molecule has 1 saturated heterocycles. The van der Waals surface area contributed by atoms with Crippen molar-refractivity contribution in [2.45, 2.75) is 39.2 Å². The molecule has 2 rings (SSSR count). The molecular formula is C15H22BrN. The maximum atomic E-state index is 3.48. The second-order valence-electron chi connectivity index (χ2n) is 5.40. The first kappa shape index (κ1) is 13.1. The van der Waals surface area contributed by atoms with E-state index in [0.29, 0.717) is 6.04 Å². The molecule has 1 aliphatic rings. The third-order valence-electron chi connectivity index (χ3n) is 3.89. The molecule has 1 atom stereocenters. The van der Waals surface area contributed by atoms with Crippen molar-refractivity contribution in [3.63, 3.8) is 0 Å². The number of rotatable bonds is 3. The average Bonchev–Trinajstić information content (AvgIpc) is 2.33. The molecule has 1 aromatic rings. The Hall–Kier alpha value is -0.340. The molecule has 17 heavy (non-hydrogen) atoms. The van der Waals surface area contributed by atoms with Gasteiger partial charge >= 0.3 is 0 Å². The molecule has 1 unspecified atom stereocenters. The van der Waals surface area contributed by atoms with Crippen LogP contribution in [0.25, 0.3) is 0 Å². The van der Waals surface area contributed by atoms with E-state index in [-0.39, 0.29) is 0 Å². The zero-order valence-corrected chi connectivity index (χ0v) is 12.4. The predicted molar refractivity (Wildman–Crippen MR) is 77.3 cm³/mol. The Labute approximate surface area is 113 Å². The molecule has 1 nitrogen and oxygen atoms in total. The van der Waals surface area contributed by atoms with Crippen molar-refractivity contribution < 1.29 is 0 Å². The molecule has 94 valence electrons. The smallest absolute Gasteiger partial charge is 0.0175 e. The summed E-state index contributed by atoms with van der Waals surface area (Å²) in [5, 5.41) is 0. The summed E-state index contributed by atoms with van der Waals surface area (Å²) < 4.78 is 1.17. The lowest BCUT2D eigenvalue weighted by Crippen LogP contribution is -2.40. The van der Waals surface area contributed by atoms with Crippen molar-refractivity contribution in [1.82, 2.24) is 4.90 Å². The van der Waals surface area contributed by atoms with E-state index in [1.165, 1.54) is 42.4 Å². The van der Waals surface area contributed by atoms with E-state index >= 15 is 0 Å². The molecule has 1 aromatic carbocycles. The third-order valence-corrected chi connectivity index (χ3v) is 4.41. The molecule has 0 N–H and O–H groups in total. The molecule has 0 aromatic heterocycles. The Morgan fingerprint density at radius 2 is 1.82 bits per heavy atom. The van der Waals surface area contributed by atoms with E-state index in [4.69, 9.17) is 0 Å². The highest BCUT2D eigenvalue weighted by molar-refractivity contribution is 9.10. The second-order valence-corrected chi connectivity index (χ2v) is 6.31. The van der Waals surface area contributed by atoms with Crippen LogP contribution in [0.15, 0.2) is 28.7 Å². The fourth-order valence-electron chi connectivity index (χ4n) is 2.56. The molecule has 0 aliphatic carbocycles. The van der Waals surface area contributed by atoms with Crippen LogP contribution in [-0.2, 0) is 6.42 Å². The summed E-state index contributed by atoms with van der Waals surface area (Å²) in [5.74, 6) is 0.922. The maximum absolute atomic E-state index is 3.48. The minimum Gasteiger partial charge on any atom is -0.300 e. The summed E-state index contributed by atoms with van der Waals surface area (Å²) >= 11 is 3.48. The lowest BCUT2D eigenvalue weighted by atomic mass is 9.96. The van der Waals surface area contributed by atoms with Gasteiger partial charge in [0.05, 0.1) is 0 Å². The molecule has 0 amide bonds. The van der Waals surface area contributed by atoms with E-state index in [1.807, 2.05) is 0 Å². The molecule has 1 fully saturated rings. The summed E-state index contributed by atoms with van der Waals surface area (Å²) in [7, 11) is 0. The van der Waals surface area contributed by atoms with Gasteiger partial charge in [0.15, 0.2) is 0 Å². The molecule has 0 radical (unpaired) electrons. The Bertz CT molecular complexity index is 338. The molecule has 1 aliphatic heterocycles. The summed E-state index contributed by atoms with van der Waals surface area (Å²) in [6.07, 6.45) is 3.90. The SMILES string of the molecule is CC1CCN(C(C)Cc2ccc(Br)cc2)CC1. The van der Waals surface area contributed by atoms with Crippen molar-refractivity contribution in [2.24, 2.45) is 5.92 Å². The standard InChI is InChI=1S/C15H22BrN/c1-12-7-9-17(10-8-12)13(2)11-14-3-5-15(16)6-4-14/h3-6,12-13H,7-11H2,1-2H3. The first-order valence-electron chi connectivity index (χ1n) is 6.63. The Kier molecular flexibility index (Phi) is 4.63. The van der Waals surface area contributed by atoms with Crippen LogP contribution in [-0.4, -0.2) is 24.0 Å². The highest BCUT2D eigenvalue weighted by Crippen LogP contribution is 2.20. The number of benzene rings is 1. The van der Waals surface area contributed by atoms with E-state index < -0.39 is 0 Å². The van der Waals surface area contributed by atoms with Crippen LogP contribution in [0, 0.1) is 5.92 Å².